The molecule has 1 aromatic carbocycles. The normalized spacial score (nSPS) is 13.3. The summed E-state index contributed by atoms with van der Waals surface area (Å²) in [6.07, 6.45) is 0.499. The molecule has 28 heavy (non-hydrogen) atoms. The molecule has 3 N–H and O–H groups in total. The number of hydrogen-bond acceptors (Lipinski definition) is 5. The molecule has 0 spiro atoms. The third-order valence-electron chi connectivity index (χ3n) is 4.01. The average Bonchev–Trinajstić information content (AvgIpc) is 2.60. The number of rotatable bonds is 7. The molecule has 2 rings (SSSR count). The molecular weight excluding hydrogens is 370 g/mol. The first kappa shape index (κ1) is 21.5. The summed E-state index contributed by atoms with van der Waals surface area (Å²) in [7, 11) is 1.28. The molecule has 1 atom stereocenters. The Morgan fingerprint density at radius 2 is 1.96 bits per heavy atom. The van der Waals surface area contributed by atoms with E-state index in [9.17, 15) is 13.6 Å². The molecule has 0 aliphatic heterocycles. The highest BCUT2D eigenvalue weighted by Gasteiger charge is 2.23. The van der Waals surface area contributed by atoms with Crippen LogP contribution in [-0.4, -0.2) is 40.4 Å². The van der Waals surface area contributed by atoms with Crippen molar-refractivity contribution < 1.29 is 23.4 Å². The third kappa shape index (κ3) is 5.35. The first-order valence-corrected chi connectivity index (χ1v) is 8.70. The summed E-state index contributed by atoms with van der Waals surface area (Å²) >= 11 is 0. The van der Waals surface area contributed by atoms with Crippen LogP contribution in [0.3, 0.4) is 0 Å². The Morgan fingerprint density at radius 1 is 1.29 bits per heavy atom. The molecule has 1 heterocycles. The summed E-state index contributed by atoms with van der Waals surface area (Å²) in [6, 6.07) is 3.14. The summed E-state index contributed by atoms with van der Waals surface area (Å²) in [5.74, 6) is -1.42. The molecule has 0 saturated carbocycles. The molecular formula is C19H24F2N4O3. The fourth-order valence-electron chi connectivity index (χ4n) is 2.85. The van der Waals surface area contributed by atoms with Gasteiger partial charge in [0, 0.05) is 30.3 Å². The van der Waals surface area contributed by atoms with Crippen LogP contribution in [0.5, 0.6) is 5.75 Å². The number of ether oxygens (including phenoxy) is 1. The monoisotopic (exact) mass is 394 g/mol. The van der Waals surface area contributed by atoms with Crippen molar-refractivity contribution in [2.75, 3.05) is 18.6 Å². The molecule has 1 amide bonds. The number of benzene rings is 1. The van der Waals surface area contributed by atoms with Gasteiger partial charge in [-0.15, -0.1) is 0 Å². The maximum atomic E-state index is 14.6. The van der Waals surface area contributed by atoms with Crippen LogP contribution in [0.1, 0.15) is 27.2 Å². The first-order valence-electron chi connectivity index (χ1n) is 8.70. The minimum absolute atomic E-state index is 0.0297. The number of anilines is 1. The van der Waals surface area contributed by atoms with Crippen LogP contribution in [0, 0.1) is 17.6 Å². The quantitative estimate of drug-likeness (QED) is 0.743. The van der Waals surface area contributed by atoms with E-state index >= 15 is 0 Å². The highest BCUT2D eigenvalue weighted by atomic mass is 19.1. The molecule has 152 valence electrons. The average molecular weight is 394 g/mol. The van der Waals surface area contributed by atoms with E-state index < -0.39 is 23.3 Å². The van der Waals surface area contributed by atoms with Gasteiger partial charge in [0.05, 0.1) is 5.69 Å². The largest absolute Gasteiger partial charge is 0.489 e. The van der Waals surface area contributed by atoms with Crippen molar-refractivity contribution in [3.05, 3.63) is 36.2 Å². The molecule has 0 unspecified atom stereocenters. The van der Waals surface area contributed by atoms with E-state index in [4.69, 9.17) is 15.6 Å². The number of hydrogen-bond donors (Lipinski definition) is 2. The number of carbonyl (C=O) groups is 1. The van der Waals surface area contributed by atoms with Gasteiger partial charge in [-0.2, -0.15) is 0 Å². The van der Waals surface area contributed by atoms with E-state index in [0.717, 1.165) is 23.4 Å². The smallest absolute Gasteiger partial charge is 0.412 e. The van der Waals surface area contributed by atoms with Crippen molar-refractivity contribution in [3.8, 4) is 17.0 Å². The van der Waals surface area contributed by atoms with E-state index in [-0.39, 0.29) is 29.4 Å². The van der Waals surface area contributed by atoms with Crippen LogP contribution in [0.15, 0.2) is 24.5 Å². The van der Waals surface area contributed by atoms with Crippen LogP contribution < -0.4 is 15.4 Å². The van der Waals surface area contributed by atoms with Gasteiger partial charge in [-0.05, 0) is 25.3 Å². The lowest BCUT2D eigenvalue weighted by Gasteiger charge is -2.26. The van der Waals surface area contributed by atoms with Gasteiger partial charge in [0.25, 0.3) is 0 Å². The van der Waals surface area contributed by atoms with E-state index in [1.54, 1.807) is 6.92 Å². The van der Waals surface area contributed by atoms with Crippen molar-refractivity contribution in [1.29, 1.82) is 0 Å². The molecule has 0 fully saturated rings. The Labute approximate surface area is 162 Å². The molecule has 0 aliphatic carbocycles. The van der Waals surface area contributed by atoms with E-state index in [2.05, 4.69) is 9.97 Å². The van der Waals surface area contributed by atoms with Gasteiger partial charge in [-0.3, -0.25) is 4.90 Å². The Bertz CT molecular complexity index is 859. The zero-order valence-corrected chi connectivity index (χ0v) is 16.2. The molecule has 0 aliphatic rings. The summed E-state index contributed by atoms with van der Waals surface area (Å²) < 4.78 is 34.4. The Morgan fingerprint density at radius 3 is 2.57 bits per heavy atom. The Balaban J connectivity index is 2.27. The van der Waals surface area contributed by atoms with Gasteiger partial charge in [-0.25, -0.2) is 23.5 Å². The zero-order valence-electron chi connectivity index (χ0n) is 16.2. The van der Waals surface area contributed by atoms with E-state index in [1.165, 1.54) is 13.1 Å². The van der Waals surface area contributed by atoms with Gasteiger partial charge in [-0.1, -0.05) is 13.8 Å². The van der Waals surface area contributed by atoms with Gasteiger partial charge in [0.2, 0.25) is 0 Å². The van der Waals surface area contributed by atoms with Crippen molar-refractivity contribution in [3.63, 3.8) is 0 Å². The van der Waals surface area contributed by atoms with Crippen molar-refractivity contribution >= 4 is 11.9 Å². The van der Waals surface area contributed by atoms with Crippen molar-refractivity contribution in [2.45, 2.75) is 32.7 Å². The molecule has 7 nitrogen and oxygen atoms in total. The maximum absolute atomic E-state index is 14.6. The van der Waals surface area contributed by atoms with Crippen LogP contribution in [-0.2, 0) is 0 Å². The molecule has 2 aromatic rings. The number of nitrogens with zero attached hydrogens (tertiary/aromatic N) is 3. The van der Waals surface area contributed by atoms with Crippen LogP contribution in [0.4, 0.5) is 19.4 Å². The summed E-state index contributed by atoms with van der Waals surface area (Å²) in [5, 5.41) is 9.02. The molecule has 0 bridgehead atoms. The standard InChI is InChI=1S/C19H24F2N4O3/c1-11(2)8-19(3,22)9-28-16-6-13(20)12(5-14(16)21)15-7-17(24-10-23-15)25(4)18(26)27/h5-7,10-11H,8-9,22H2,1-4H3,(H,26,27)/t19-/m0/s1. The van der Waals surface area contributed by atoms with Crippen LogP contribution >= 0.6 is 0 Å². The lowest BCUT2D eigenvalue weighted by atomic mass is 9.93. The fraction of sp³-hybridized carbons (Fsp3) is 0.421. The predicted octanol–water partition coefficient (Wildman–Crippen LogP) is 3.68. The molecule has 0 saturated heterocycles. The Hall–Kier alpha value is -2.81. The highest BCUT2D eigenvalue weighted by Crippen LogP contribution is 2.30. The topological polar surface area (TPSA) is 102 Å². The van der Waals surface area contributed by atoms with Crippen molar-refractivity contribution in [1.82, 2.24) is 9.97 Å². The van der Waals surface area contributed by atoms with Gasteiger partial charge in [0.15, 0.2) is 11.6 Å². The van der Waals surface area contributed by atoms with E-state index in [0.29, 0.717) is 12.3 Å². The van der Waals surface area contributed by atoms with Gasteiger partial charge < -0.3 is 15.6 Å². The van der Waals surface area contributed by atoms with Crippen LogP contribution in [0.2, 0.25) is 0 Å². The van der Waals surface area contributed by atoms with Crippen LogP contribution in [0.25, 0.3) is 11.3 Å². The number of amides is 1. The minimum atomic E-state index is -1.24. The molecule has 1 aromatic heterocycles. The summed E-state index contributed by atoms with van der Waals surface area (Å²) in [6.45, 7) is 5.84. The second kappa shape index (κ2) is 8.47. The molecule has 9 heteroatoms. The lowest BCUT2D eigenvalue weighted by molar-refractivity contribution is 0.199. The second-order valence-corrected chi connectivity index (χ2v) is 7.41. The first-order chi connectivity index (χ1) is 13.0. The number of nitrogens with two attached hydrogens (primary N) is 1. The Kier molecular flexibility index (Phi) is 6.50. The molecule has 0 radical (unpaired) electrons. The highest BCUT2D eigenvalue weighted by molar-refractivity contribution is 5.84. The van der Waals surface area contributed by atoms with Gasteiger partial charge >= 0.3 is 6.09 Å². The van der Waals surface area contributed by atoms with Gasteiger partial charge in [0.1, 0.15) is 24.6 Å². The number of halogens is 2. The predicted molar refractivity (Wildman–Crippen MR) is 101 cm³/mol. The fourth-order valence-corrected chi connectivity index (χ4v) is 2.85. The maximum Gasteiger partial charge on any atom is 0.412 e. The SMILES string of the molecule is CC(C)C[C@](C)(N)COc1cc(F)c(-c2cc(N(C)C(=O)O)ncn2)cc1F. The zero-order chi connectivity index (χ0) is 21.1. The van der Waals surface area contributed by atoms with Crippen molar-refractivity contribution in [2.24, 2.45) is 11.7 Å². The lowest BCUT2D eigenvalue weighted by Crippen LogP contribution is -2.43. The van der Waals surface area contributed by atoms with E-state index in [1.807, 2.05) is 13.8 Å². The third-order valence-corrected chi connectivity index (χ3v) is 4.01. The number of aromatic nitrogens is 2. The number of carboxylic acid groups (broad SMARTS) is 1. The summed E-state index contributed by atoms with van der Waals surface area (Å²) in [4.78, 5) is 19.6. The minimum Gasteiger partial charge on any atom is -0.489 e. The summed E-state index contributed by atoms with van der Waals surface area (Å²) in [5.41, 5.74) is 5.36. The second-order valence-electron chi connectivity index (χ2n) is 7.41.